The molecular formula is C14H11BrO2. The van der Waals surface area contributed by atoms with Crippen LogP contribution in [0.3, 0.4) is 0 Å². The van der Waals surface area contributed by atoms with Gasteiger partial charge in [-0.05, 0) is 39.9 Å². The number of benzene rings is 1. The molecule has 1 aromatic carbocycles. The van der Waals surface area contributed by atoms with E-state index in [9.17, 15) is 4.79 Å². The lowest BCUT2D eigenvalue weighted by Gasteiger charge is -1.99. The first kappa shape index (κ1) is 10.8. The van der Waals surface area contributed by atoms with E-state index >= 15 is 0 Å². The highest BCUT2D eigenvalue weighted by atomic mass is 79.9. The molecule has 2 aromatic rings. The second-order valence-corrected chi connectivity index (χ2v) is 5.05. The van der Waals surface area contributed by atoms with E-state index in [-0.39, 0.29) is 11.7 Å². The first-order valence-electron chi connectivity index (χ1n) is 5.59. The van der Waals surface area contributed by atoms with Gasteiger partial charge in [-0.3, -0.25) is 4.79 Å². The van der Waals surface area contributed by atoms with Crippen molar-refractivity contribution in [2.24, 2.45) is 5.92 Å². The molecule has 0 spiro atoms. The summed E-state index contributed by atoms with van der Waals surface area (Å²) in [6, 6.07) is 11.9. The van der Waals surface area contributed by atoms with Crippen molar-refractivity contribution in [2.45, 2.75) is 12.3 Å². The van der Waals surface area contributed by atoms with Crippen molar-refractivity contribution in [3.8, 4) is 0 Å². The minimum absolute atomic E-state index is 0.117. The van der Waals surface area contributed by atoms with Gasteiger partial charge < -0.3 is 4.42 Å². The highest BCUT2D eigenvalue weighted by Crippen LogP contribution is 2.49. The van der Waals surface area contributed by atoms with Crippen LogP contribution in [0.5, 0.6) is 0 Å². The summed E-state index contributed by atoms with van der Waals surface area (Å²) >= 11 is 3.25. The topological polar surface area (TPSA) is 30.2 Å². The molecule has 3 heteroatoms. The smallest absolute Gasteiger partial charge is 0.179 e. The van der Waals surface area contributed by atoms with Crippen LogP contribution in [0.4, 0.5) is 0 Å². The van der Waals surface area contributed by atoms with Crippen molar-refractivity contribution in [3.05, 3.63) is 58.5 Å². The van der Waals surface area contributed by atoms with Crippen LogP contribution in [0, 0.1) is 5.92 Å². The van der Waals surface area contributed by atoms with Crippen LogP contribution >= 0.6 is 15.9 Å². The number of furan rings is 1. The molecule has 1 saturated carbocycles. The molecule has 2 nitrogen and oxygen atoms in total. The summed E-state index contributed by atoms with van der Waals surface area (Å²) in [4.78, 5) is 12.2. The SMILES string of the molecule is O=C(c1ccoc1Br)C1CC1c1ccccc1. The first-order chi connectivity index (χ1) is 8.27. The molecule has 0 bridgehead atoms. The average molecular weight is 291 g/mol. The van der Waals surface area contributed by atoms with Gasteiger partial charge in [0.25, 0.3) is 0 Å². The van der Waals surface area contributed by atoms with Gasteiger partial charge in [0.1, 0.15) is 0 Å². The largest absolute Gasteiger partial charge is 0.457 e. The van der Waals surface area contributed by atoms with Crippen molar-refractivity contribution < 1.29 is 9.21 Å². The highest BCUT2D eigenvalue weighted by Gasteiger charge is 2.44. The fraction of sp³-hybridized carbons (Fsp3) is 0.214. The Morgan fingerprint density at radius 1 is 1.24 bits per heavy atom. The summed E-state index contributed by atoms with van der Waals surface area (Å²) in [5.41, 5.74) is 1.92. The summed E-state index contributed by atoms with van der Waals surface area (Å²) in [6.45, 7) is 0. The summed E-state index contributed by atoms with van der Waals surface area (Å²) in [5.74, 6) is 0.677. The van der Waals surface area contributed by atoms with Crippen LogP contribution in [0.2, 0.25) is 0 Å². The normalized spacial score (nSPS) is 22.4. The maximum atomic E-state index is 12.2. The Morgan fingerprint density at radius 2 is 2.00 bits per heavy atom. The molecule has 2 unspecified atom stereocenters. The molecular weight excluding hydrogens is 280 g/mol. The Balaban J connectivity index is 1.78. The molecule has 2 atom stereocenters. The predicted octanol–water partition coefficient (Wildman–Crippen LogP) is 4.03. The molecule has 86 valence electrons. The van der Waals surface area contributed by atoms with E-state index in [0.717, 1.165) is 6.42 Å². The number of hydrogen-bond donors (Lipinski definition) is 0. The van der Waals surface area contributed by atoms with Crippen molar-refractivity contribution in [2.75, 3.05) is 0 Å². The van der Waals surface area contributed by atoms with Crippen LogP contribution < -0.4 is 0 Å². The second-order valence-electron chi connectivity index (χ2n) is 4.33. The number of halogens is 1. The van der Waals surface area contributed by atoms with Gasteiger partial charge in [0.15, 0.2) is 10.5 Å². The molecule has 0 radical (unpaired) electrons. The highest BCUT2D eigenvalue weighted by molar-refractivity contribution is 9.10. The minimum atomic E-state index is 0.117. The summed E-state index contributed by atoms with van der Waals surface area (Å²) in [5, 5.41) is 0. The second kappa shape index (κ2) is 4.15. The van der Waals surface area contributed by atoms with Gasteiger partial charge in [0.05, 0.1) is 11.8 Å². The fourth-order valence-corrected chi connectivity index (χ4v) is 2.66. The molecule has 1 aliphatic rings. The van der Waals surface area contributed by atoms with Crippen LogP contribution in [0.1, 0.15) is 28.3 Å². The van der Waals surface area contributed by atoms with Crippen LogP contribution in [0.25, 0.3) is 0 Å². The Hall–Kier alpha value is -1.35. The number of carbonyl (C=O) groups excluding carboxylic acids is 1. The third kappa shape index (κ3) is 1.95. The molecule has 1 fully saturated rings. The molecule has 1 heterocycles. The monoisotopic (exact) mass is 290 g/mol. The van der Waals surface area contributed by atoms with E-state index in [1.807, 2.05) is 18.2 Å². The van der Waals surface area contributed by atoms with Gasteiger partial charge in [-0.2, -0.15) is 0 Å². The van der Waals surface area contributed by atoms with Crippen molar-refractivity contribution in [3.63, 3.8) is 0 Å². The average Bonchev–Trinajstić information content (AvgIpc) is 3.05. The molecule has 0 amide bonds. The third-order valence-corrected chi connectivity index (χ3v) is 3.85. The van der Waals surface area contributed by atoms with E-state index in [4.69, 9.17) is 4.42 Å². The molecule has 0 N–H and O–H groups in total. The minimum Gasteiger partial charge on any atom is -0.457 e. The lowest BCUT2D eigenvalue weighted by Crippen LogP contribution is -2.02. The van der Waals surface area contributed by atoms with Crippen LogP contribution in [-0.2, 0) is 0 Å². The number of ketones is 1. The summed E-state index contributed by atoms with van der Waals surface area (Å²) < 4.78 is 5.64. The van der Waals surface area contributed by atoms with Gasteiger partial charge >= 0.3 is 0 Å². The Kier molecular flexibility index (Phi) is 2.63. The Morgan fingerprint density at radius 3 is 2.65 bits per heavy atom. The Labute approximate surface area is 108 Å². The number of carbonyl (C=O) groups is 1. The molecule has 17 heavy (non-hydrogen) atoms. The van der Waals surface area contributed by atoms with Crippen LogP contribution in [0.15, 0.2) is 51.7 Å². The van der Waals surface area contributed by atoms with E-state index in [1.54, 1.807) is 6.07 Å². The van der Waals surface area contributed by atoms with Crippen molar-refractivity contribution in [1.82, 2.24) is 0 Å². The van der Waals surface area contributed by atoms with E-state index in [1.165, 1.54) is 11.8 Å². The van der Waals surface area contributed by atoms with E-state index in [0.29, 0.717) is 16.2 Å². The maximum Gasteiger partial charge on any atom is 0.179 e. The Bertz CT molecular complexity index is 544. The van der Waals surface area contributed by atoms with Gasteiger partial charge in [0.2, 0.25) is 0 Å². The van der Waals surface area contributed by atoms with Crippen LogP contribution in [-0.4, -0.2) is 5.78 Å². The van der Waals surface area contributed by atoms with Gasteiger partial charge in [0, 0.05) is 5.92 Å². The first-order valence-corrected chi connectivity index (χ1v) is 6.39. The van der Waals surface area contributed by atoms with Crippen molar-refractivity contribution in [1.29, 1.82) is 0 Å². The fourth-order valence-electron chi connectivity index (χ4n) is 2.22. The number of Topliss-reactive ketones (excluding diaryl/α,β-unsaturated/α-hetero) is 1. The molecule has 3 rings (SSSR count). The van der Waals surface area contributed by atoms with Crippen molar-refractivity contribution >= 4 is 21.7 Å². The van der Waals surface area contributed by atoms with Gasteiger partial charge in [-0.1, -0.05) is 30.3 Å². The maximum absolute atomic E-state index is 12.2. The zero-order valence-corrected chi connectivity index (χ0v) is 10.7. The zero-order valence-electron chi connectivity index (χ0n) is 9.10. The number of rotatable bonds is 3. The van der Waals surface area contributed by atoms with Gasteiger partial charge in [-0.15, -0.1) is 0 Å². The molecule has 1 aliphatic carbocycles. The lowest BCUT2D eigenvalue weighted by molar-refractivity contribution is 0.0963. The lowest BCUT2D eigenvalue weighted by atomic mass is 10.1. The third-order valence-electron chi connectivity index (χ3n) is 3.24. The van der Waals surface area contributed by atoms with E-state index in [2.05, 4.69) is 28.1 Å². The standard InChI is InChI=1S/C14H11BrO2/c15-14-10(6-7-17-14)13(16)12-8-11(12)9-4-2-1-3-5-9/h1-7,11-12H,8H2. The summed E-state index contributed by atoms with van der Waals surface area (Å²) in [6.07, 6.45) is 2.48. The van der Waals surface area contributed by atoms with Gasteiger partial charge in [-0.25, -0.2) is 0 Å². The number of hydrogen-bond acceptors (Lipinski definition) is 2. The predicted molar refractivity (Wildman–Crippen MR) is 68.0 cm³/mol. The molecule has 0 saturated heterocycles. The quantitative estimate of drug-likeness (QED) is 0.799. The zero-order chi connectivity index (χ0) is 11.8. The molecule has 1 aromatic heterocycles. The van der Waals surface area contributed by atoms with E-state index < -0.39 is 0 Å². The molecule has 0 aliphatic heterocycles. The summed E-state index contributed by atoms with van der Waals surface area (Å²) in [7, 11) is 0.